The summed E-state index contributed by atoms with van der Waals surface area (Å²) >= 11 is 0. The smallest absolute Gasteiger partial charge is 0.189 e. The lowest BCUT2D eigenvalue weighted by molar-refractivity contribution is 0.718. The summed E-state index contributed by atoms with van der Waals surface area (Å²) in [5.41, 5.74) is 6.72. The highest BCUT2D eigenvalue weighted by molar-refractivity contribution is 5.77. The lowest BCUT2D eigenvalue weighted by Crippen LogP contribution is -2.36. The van der Waals surface area contributed by atoms with E-state index >= 15 is 0 Å². The lowest BCUT2D eigenvalue weighted by atomic mass is 10.3. The number of rotatable bonds is 4. The second-order valence-electron chi connectivity index (χ2n) is 4.42. The van der Waals surface area contributed by atoms with E-state index in [2.05, 4.69) is 20.4 Å². The van der Waals surface area contributed by atoms with Gasteiger partial charge in [-0.25, -0.2) is 14.7 Å². The van der Waals surface area contributed by atoms with Crippen LogP contribution in [0.1, 0.15) is 19.7 Å². The average molecular weight is 258 g/mol. The van der Waals surface area contributed by atoms with Crippen molar-refractivity contribution in [3.05, 3.63) is 42.5 Å². The van der Waals surface area contributed by atoms with Crippen LogP contribution in [0.3, 0.4) is 0 Å². The number of nitrogens with zero attached hydrogens (tertiary/aromatic N) is 4. The first-order chi connectivity index (χ1) is 9.16. The van der Waals surface area contributed by atoms with Gasteiger partial charge >= 0.3 is 0 Å². The number of benzene rings is 1. The van der Waals surface area contributed by atoms with Crippen LogP contribution in [0.4, 0.5) is 0 Å². The molecule has 0 unspecified atom stereocenters. The van der Waals surface area contributed by atoms with E-state index < -0.39 is 0 Å². The summed E-state index contributed by atoms with van der Waals surface area (Å²) in [6.45, 7) is 4.41. The third kappa shape index (κ3) is 3.54. The average Bonchev–Trinajstić information content (AvgIpc) is 2.85. The number of nitrogens with one attached hydrogen (secondary N) is 1. The second-order valence-corrected chi connectivity index (χ2v) is 4.42. The Balaban J connectivity index is 2.13. The quantitative estimate of drug-likeness (QED) is 0.635. The van der Waals surface area contributed by atoms with Gasteiger partial charge in [-0.05, 0) is 26.0 Å². The molecule has 1 aromatic heterocycles. The van der Waals surface area contributed by atoms with Crippen molar-refractivity contribution >= 4 is 5.96 Å². The van der Waals surface area contributed by atoms with Crippen LogP contribution in [0.25, 0.3) is 5.69 Å². The summed E-state index contributed by atoms with van der Waals surface area (Å²) in [6.07, 6.45) is 1.52. The molecule has 100 valence electrons. The molecule has 2 aromatic rings. The van der Waals surface area contributed by atoms with Gasteiger partial charge in [-0.1, -0.05) is 18.2 Å². The maximum absolute atomic E-state index is 5.76. The van der Waals surface area contributed by atoms with Crippen LogP contribution < -0.4 is 11.1 Å². The Hall–Kier alpha value is -2.37. The van der Waals surface area contributed by atoms with Crippen molar-refractivity contribution in [2.24, 2.45) is 10.7 Å². The van der Waals surface area contributed by atoms with Gasteiger partial charge in [-0.15, -0.1) is 0 Å². The van der Waals surface area contributed by atoms with Crippen molar-refractivity contribution in [2.75, 3.05) is 0 Å². The van der Waals surface area contributed by atoms with E-state index in [0.717, 1.165) is 11.5 Å². The van der Waals surface area contributed by atoms with Crippen LogP contribution in [-0.2, 0) is 6.54 Å². The summed E-state index contributed by atoms with van der Waals surface area (Å²) in [5, 5.41) is 7.24. The molecule has 6 nitrogen and oxygen atoms in total. The molecule has 6 heteroatoms. The maximum Gasteiger partial charge on any atom is 0.189 e. The van der Waals surface area contributed by atoms with Crippen molar-refractivity contribution in [3.63, 3.8) is 0 Å². The number of nitrogens with two attached hydrogens (primary N) is 1. The molecule has 0 aliphatic heterocycles. The van der Waals surface area contributed by atoms with E-state index in [0.29, 0.717) is 12.5 Å². The maximum atomic E-state index is 5.76. The number of hydrogen-bond acceptors (Lipinski definition) is 3. The van der Waals surface area contributed by atoms with Gasteiger partial charge in [0.25, 0.3) is 0 Å². The van der Waals surface area contributed by atoms with E-state index in [4.69, 9.17) is 5.73 Å². The minimum absolute atomic E-state index is 0.260. The predicted octanol–water partition coefficient (Wildman–Crippen LogP) is 1.08. The third-order valence-corrected chi connectivity index (χ3v) is 2.45. The zero-order valence-corrected chi connectivity index (χ0v) is 11.1. The summed E-state index contributed by atoms with van der Waals surface area (Å²) in [4.78, 5) is 8.46. The number of guanidine groups is 1. The molecule has 0 aliphatic rings. The summed E-state index contributed by atoms with van der Waals surface area (Å²) in [7, 11) is 0. The van der Waals surface area contributed by atoms with Crippen LogP contribution >= 0.6 is 0 Å². The van der Waals surface area contributed by atoms with Gasteiger partial charge in [0.1, 0.15) is 12.9 Å². The Morgan fingerprint density at radius 2 is 2.11 bits per heavy atom. The van der Waals surface area contributed by atoms with Crippen molar-refractivity contribution in [1.82, 2.24) is 20.1 Å². The normalized spacial score (nSPS) is 11.8. The Kier molecular flexibility index (Phi) is 4.12. The SMILES string of the molecule is CC(C)NC(N)=NCc1ncnn1-c1ccccc1. The van der Waals surface area contributed by atoms with Gasteiger partial charge in [-0.2, -0.15) is 5.10 Å². The zero-order chi connectivity index (χ0) is 13.7. The molecule has 2 rings (SSSR count). The van der Waals surface area contributed by atoms with Gasteiger partial charge in [0.05, 0.1) is 5.69 Å². The molecule has 0 atom stereocenters. The molecule has 0 fully saturated rings. The van der Waals surface area contributed by atoms with E-state index in [1.807, 2.05) is 44.2 Å². The van der Waals surface area contributed by atoms with Crippen molar-refractivity contribution in [2.45, 2.75) is 26.4 Å². The predicted molar refractivity (Wildman–Crippen MR) is 75.0 cm³/mol. The molecular formula is C13H18N6. The Morgan fingerprint density at radius 1 is 1.37 bits per heavy atom. The highest BCUT2D eigenvalue weighted by Crippen LogP contribution is 2.08. The molecule has 0 radical (unpaired) electrons. The molecule has 0 spiro atoms. The number of hydrogen-bond donors (Lipinski definition) is 2. The Bertz CT molecular complexity index is 543. The van der Waals surface area contributed by atoms with Crippen molar-refractivity contribution < 1.29 is 0 Å². The van der Waals surface area contributed by atoms with E-state index in [1.165, 1.54) is 6.33 Å². The number of aliphatic imine (C=N–C) groups is 1. The minimum atomic E-state index is 0.260. The van der Waals surface area contributed by atoms with E-state index in [1.54, 1.807) is 4.68 Å². The molecular weight excluding hydrogens is 240 g/mol. The molecule has 0 saturated carbocycles. The first kappa shape index (κ1) is 13.1. The Morgan fingerprint density at radius 3 is 2.79 bits per heavy atom. The summed E-state index contributed by atoms with van der Waals surface area (Å²) in [5.74, 6) is 1.16. The molecule has 0 aliphatic carbocycles. The van der Waals surface area contributed by atoms with Gasteiger partial charge in [0, 0.05) is 6.04 Å². The van der Waals surface area contributed by atoms with Crippen LogP contribution in [0.5, 0.6) is 0 Å². The fourth-order valence-electron chi connectivity index (χ4n) is 1.66. The van der Waals surface area contributed by atoms with Gasteiger partial charge in [0.2, 0.25) is 0 Å². The molecule has 0 saturated heterocycles. The van der Waals surface area contributed by atoms with Gasteiger partial charge in [-0.3, -0.25) is 0 Å². The largest absolute Gasteiger partial charge is 0.370 e. The van der Waals surface area contributed by atoms with Crippen LogP contribution in [-0.4, -0.2) is 26.8 Å². The second kappa shape index (κ2) is 5.99. The van der Waals surface area contributed by atoms with E-state index in [-0.39, 0.29) is 6.04 Å². The zero-order valence-electron chi connectivity index (χ0n) is 11.1. The molecule has 3 N–H and O–H groups in total. The van der Waals surface area contributed by atoms with Gasteiger partial charge < -0.3 is 11.1 Å². The minimum Gasteiger partial charge on any atom is -0.370 e. The van der Waals surface area contributed by atoms with Crippen LogP contribution in [0.15, 0.2) is 41.7 Å². The summed E-state index contributed by atoms with van der Waals surface area (Å²) < 4.78 is 1.76. The van der Waals surface area contributed by atoms with Crippen LogP contribution in [0.2, 0.25) is 0 Å². The molecule has 0 amide bonds. The molecule has 1 heterocycles. The molecule has 19 heavy (non-hydrogen) atoms. The highest BCUT2D eigenvalue weighted by atomic mass is 15.3. The lowest BCUT2D eigenvalue weighted by Gasteiger charge is -2.08. The van der Waals surface area contributed by atoms with Crippen LogP contribution in [0, 0.1) is 0 Å². The number of aromatic nitrogens is 3. The first-order valence-electron chi connectivity index (χ1n) is 6.17. The van der Waals surface area contributed by atoms with E-state index in [9.17, 15) is 0 Å². The fourth-order valence-corrected chi connectivity index (χ4v) is 1.66. The molecule has 1 aromatic carbocycles. The van der Waals surface area contributed by atoms with Crippen molar-refractivity contribution in [3.8, 4) is 5.69 Å². The number of para-hydroxylation sites is 1. The summed E-state index contributed by atoms with van der Waals surface area (Å²) in [6, 6.07) is 10.1. The standard InChI is InChI=1S/C13H18N6/c1-10(2)18-13(14)15-8-12-16-9-17-19(12)11-6-4-3-5-7-11/h3-7,9-10H,8H2,1-2H3,(H3,14,15,18). The Labute approximate surface area is 112 Å². The van der Waals surface area contributed by atoms with Gasteiger partial charge in [0.15, 0.2) is 11.8 Å². The third-order valence-electron chi connectivity index (χ3n) is 2.45. The van der Waals surface area contributed by atoms with Crippen molar-refractivity contribution in [1.29, 1.82) is 0 Å². The fraction of sp³-hybridized carbons (Fsp3) is 0.308. The molecule has 0 bridgehead atoms. The highest BCUT2D eigenvalue weighted by Gasteiger charge is 2.05. The monoisotopic (exact) mass is 258 g/mol. The topological polar surface area (TPSA) is 81.1 Å². The first-order valence-corrected chi connectivity index (χ1v) is 6.17.